The van der Waals surface area contributed by atoms with E-state index in [-0.39, 0.29) is 10.6 Å². The summed E-state index contributed by atoms with van der Waals surface area (Å²) in [6.07, 6.45) is 4.87. The van der Waals surface area contributed by atoms with Gasteiger partial charge in [0.15, 0.2) is 0 Å². The van der Waals surface area contributed by atoms with Crippen molar-refractivity contribution in [2.75, 3.05) is 13.2 Å². The van der Waals surface area contributed by atoms with Crippen LogP contribution in [-0.2, 0) is 11.3 Å². The van der Waals surface area contributed by atoms with E-state index in [1.807, 2.05) is 6.07 Å². The summed E-state index contributed by atoms with van der Waals surface area (Å²) in [7, 11) is 0. The highest BCUT2D eigenvalue weighted by molar-refractivity contribution is 5.39. The van der Waals surface area contributed by atoms with Crippen LogP contribution < -0.4 is 5.32 Å². The molecule has 0 bridgehead atoms. The molecular weight excluding hydrogens is 244 g/mol. The molecule has 0 spiro atoms. The minimum absolute atomic E-state index is 0.184. The van der Waals surface area contributed by atoms with Crippen LogP contribution in [-0.4, -0.2) is 24.2 Å². The Balaban J connectivity index is 1.74. The molecule has 2 rings (SSSR count). The first-order valence-corrected chi connectivity index (χ1v) is 6.82. The average Bonchev–Trinajstić information content (AvgIpc) is 2.45. The molecule has 0 radical (unpaired) electrons. The lowest BCUT2D eigenvalue weighted by Gasteiger charge is -2.22. The van der Waals surface area contributed by atoms with Crippen LogP contribution in [0.25, 0.3) is 0 Å². The molecule has 1 aliphatic heterocycles. The van der Waals surface area contributed by atoms with Gasteiger partial charge in [-0.2, -0.15) is 0 Å². The van der Waals surface area contributed by atoms with Crippen molar-refractivity contribution >= 4 is 5.69 Å². The van der Waals surface area contributed by atoms with Gasteiger partial charge in [-0.15, -0.1) is 0 Å². The smallest absolute Gasteiger partial charge is 0.273 e. The van der Waals surface area contributed by atoms with Crippen molar-refractivity contribution < 1.29 is 9.66 Å². The van der Waals surface area contributed by atoms with E-state index in [1.54, 1.807) is 18.2 Å². The minimum Gasteiger partial charge on any atom is -0.378 e. The van der Waals surface area contributed by atoms with Crippen molar-refractivity contribution in [1.82, 2.24) is 5.32 Å². The van der Waals surface area contributed by atoms with E-state index in [1.165, 1.54) is 12.8 Å². The van der Waals surface area contributed by atoms with Crippen molar-refractivity contribution in [3.05, 3.63) is 39.9 Å². The molecule has 104 valence electrons. The minimum atomic E-state index is -0.332. The number of hydrogen-bond donors (Lipinski definition) is 1. The van der Waals surface area contributed by atoms with Gasteiger partial charge < -0.3 is 10.1 Å². The number of ether oxygens (including phenoxy) is 1. The van der Waals surface area contributed by atoms with Gasteiger partial charge >= 0.3 is 0 Å². The van der Waals surface area contributed by atoms with Gasteiger partial charge in [0.05, 0.1) is 11.0 Å². The zero-order valence-corrected chi connectivity index (χ0v) is 11.0. The molecule has 5 heteroatoms. The first-order chi connectivity index (χ1) is 9.27. The number of benzene rings is 1. The van der Waals surface area contributed by atoms with Gasteiger partial charge in [0.25, 0.3) is 5.69 Å². The van der Waals surface area contributed by atoms with Gasteiger partial charge in [0, 0.05) is 24.8 Å². The molecule has 1 saturated heterocycles. The van der Waals surface area contributed by atoms with Crippen LogP contribution in [0.1, 0.15) is 31.2 Å². The fraction of sp³-hybridized carbons (Fsp3) is 0.571. The monoisotopic (exact) mass is 264 g/mol. The third kappa shape index (κ3) is 4.29. The van der Waals surface area contributed by atoms with E-state index >= 15 is 0 Å². The lowest BCUT2D eigenvalue weighted by Crippen LogP contribution is -2.25. The van der Waals surface area contributed by atoms with Gasteiger partial charge in [-0.25, -0.2) is 0 Å². The predicted molar refractivity (Wildman–Crippen MR) is 73.0 cm³/mol. The van der Waals surface area contributed by atoms with E-state index in [2.05, 4.69) is 5.32 Å². The van der Waals surface area contributed by atoms with Gasteiger partial charge in [-0.3, -0.25) is 10.1 Å². The van der Waals surface area contributed by atoms with Crippen molar-refractivity contribution in [3.8, 4) is 0 Å². The third-order valence-electron chi connectivity index (χ3n) is 3.42. The standard InChI is InChI=1S/C14H20N2O3/c17-16(18)14-7-2-1-5-12(14)11-15-9-8-13-6-3-4-10-19-13/h1-2,5,7,13,15H,3-4,6,8-11H2. The maximum Gasteiger partial charge on any atom is 0.273 e. The van der Waals surface area contributed by atoms with Crippen molar-refractivity contribution in [3.63, 3.8) is 0 Å². The summed E-state index contributed by atoms with van der Waals surface area (Å²) < 4.78 is 5.64. The Morgan fingerprint density at radius 1 is 1.37 bits per heavy atom. The lowest BCUT2D eigenvalue weighted by molar-refractivity contribution is -0.385. The van der Waals surface area contributed by atoms with Gasteiger partial charge in [0.2, 0.25) is 0 Å². The largest absolute Gasteiger partial charge is 0.378 e. The second kappa shape index (κ2) is 7.21. The topological polar surface area (TPSA) is 64.4 Å². The van der Waals surface area contributed by atoms with E-state index in [0.29, 0.717) is 12.6 Å². The molecule has 0 saturated carbocycles. The summed E-state index contributed by atoms with van der Waals surface area (Å²) >= 11 is 0. The van der Waals surface area contributed by atoms with Crippen LogP contribution >= 0.6 is 0 Å². The van der Waals surface area contributed by atoms with Crippen LogP contribution in [0, 0.1) is 10.1 Å². The van der Waals surface area contributed by atoms with Crippen molar-refractivity contribution in [2.45, 2.75) is 38.3 Å². The molecule has 1 aromatic rings. The molecule has 0 aromatic heterocycles. The molecule has 1 unspecified atom stereocenters. The summed E-state index contributed by atoms with van der Waals surface area (Å²) in [6.45, 7) is 2.23. The number of nitrogens with zero attached hydrogens (tertiary/aromatic N) is 1. The normalized spacial score (nSPS) is 19.3. The molecule has 1 heterocycles. The number of hydrogen-bond acceptors (Lipinski definition) is 4. The van der Waals surface area contributed by atoms with E-state index in [4.69, 9.17) is 4.74 Å². The van der Waals surface area contributed by atoms with Gasteiger partial charge in [0.1, 0.15) is 0 Å². The molecule has 19 heavy (non-hydrogen) atoms. The molecule has 1 atom stereocenters. The van der Waals surface area contributed by atoms with Gasteiger partial charge in [-0.1, -0.05) is 18.2 Å². The summed E-state index contributed by atoms with van der Waals surface area (Å²) in [5, 5.41) is 14.1. The highest BCUT2D eigenvalue weighted by Gasteiger charge is 2.14. The molecule has 1 aliphatic rings. The van der Waals surface area contributed by atoms with Crippen LogP contribution in [0.3, 0.4) is 0 Å². The number of nitro benzene ring substituents is 1. The second-order valence-corrected chi connectivity index (χ2v) is 4.84. The molecule has 1 aromatic carbocycles. The Bertz CT molecular complexity index is 417. The summed E-state index contributed by atoms with van der Waals surface area (Å²) in [5.74, 6) is 0. The number of nitro groups is 1. The SMILES string of the molecule is O=[N+]([O-])c1ccccc1CNCCC1CCCCO1. The Labute approximate surface area is 113 Å². The quantitative estimate of drug-likeness (QED) is 0.487. The number of para-hydroxylation sites is 1. The van der Waals surface area contributed by atoms with E-state index in [9.17, 15) is 10.1 Å². The molecule has 0 aliphatic carbocycles. The molecule has 0 amide bonds. The average molecular weight is 264 g/mol. The predicted octanol–water partition coefficient (Wildman–Crippen LogP) is 2.64. The van der Waals surface area contributed by atoms with E-state index in [0.717, 1.165) is 31.6 Å². The summed E-state index contributed by atoms with van der Waals surface area (Å²) in [4.78, 5) is 10.5. The van der Waals surface area contributed by atoms with Crippen LogP contribution in [0.2, 0.25) is 0 Å². The maximum absolute atomic E-state index is 10.9. The maximum atomic E-state index is 10.9. The first-order valence-electron chi connectivity index (χ1n) is 6.82. The fourth-order valence-electron chi connectivity index (χ4n) is 2.36. The Kier molecular flexibility index (Phi) is 5.30. The van der Waals surface area contributed by atoms with Crippen LogP contribution in [0.4, 0.5) is 5.69 Å². The Morgan fingerprint density at radius 2 is 2.21 bits per heavy atom. The highest BCUT2D eigenvalue weighted by Crippen LogP contribution is 2.18. The number of nitrogens with one attached hydrogen (secondary N) is 1. The van der Waals surface area contributed by atoms with Crippen molar-refractivity contribution in [2.24, 2.45) is 0 Å². The van der Waals surface area contributed by atoms with Gasteiger partial charge in [-0.05, 0) is 32.2 Å². The van der Waals surface area contributed by atoms with E-state index < -0.39 is 0 Å². The summed E-state index contributed by atoms with van der Waals surface area (Å²) in [5.41, 5.74) is 0.918. The molecular formula is C14H20N2O3. The summed E-state index contributed by atoms with van der Waals surface area (Å²) in [6, 6.07) is 6.86. The third-order valence-corrected chi connectivity index (χ3v) is 3.42. The molecule has 5 nitrogen and oxygen atoms in total. The Morgan fingerprint density at radius 3 is 2.95 bits per heavy atom. The zero-order chi connectivity index (χ0) is 13.5. The van der Waals surface area contributed by atoms with Crippen LogP contribution in [0.5, 0.6) is 0 Å². The lowest BCUT2D eigenvalue weighted by atomic mass is 10.1. The van der Waals surface area contributed by atoms with Crippen LogP contribution in [0.15, 0.2) is 24.3 Å². The second-order valence-electron chi connectivity index (χ2n) is 4.84. The number of rotatable bonds is 6. The molecule has 1 N–H and O–H groups in total. The fourth-order valence-corrected chi connectivity index (χ4v) is 2.36. The molecule has 1 fully saturated rings. The Hall–Kier alpha value is -1.46. The first kappa shape index (κ1) is 14.0. The highest BCUT2D eigenvalue weighted by atomic mass is 16.6. The zero-order valence-electron chi connectivity index (χ0n) is 11.0. The van der Waals surface area contributed by atoms with Crippen molar-refractivity contribution in [1.29, 1.82) is 0 Å².